The fraction of sp³-hybridized carbons (Fsp3) is 0.200. The van der Waals surface area contributed by atoms with Crippen molar-refractivity contribution in [3.05, 3.63) is 29.1 Å². The molecule has 18 heavy (non-hydrogen) atoms. The van der Waals surface area contributed by atoms with Crippen LogP contribution in [-0.4, -0.2) is 19.2 Å². The second kappa shape index (κ2) is 5.03. The van der Waals surface area contributed by atoms with Crippen LogP contribution in [0.15, 0.2) is 22.1 Å². The number of hydrogen-bond donors (Lipinski definition) is 2. The van der Waals surface area contributed by atoms with Crippen LogP contribution in [0.5, 0.6) is 0 Å². The number of halogens is 4. The van der Waals surface area contributed by atoms with E-state index in [1.807, 2.05) is 0 Å². The summed E-state index contributed by atoms with van der Waals surface area (Å²) < 4.78 is 51.1. The van der Waals surface area contributed by atoms with Gasteiger partial charge in [-0.25, -0.2) is 9.38 Å². The number of nitrogens with zero attached hydrogens (tertiary/aromatic N) is 2. The summed E-state index contributed by atoms with van der Waals surface area (Å²) in [5.74, 6) is -1.61. The average Bonchev–Trinajstić information content (AvgIpc) is 2.27. The molecule has 1 aromatic rings. The maximum absolute atomic E-state index is 13.1. The van der Waals surface area contributed by atoms with E-state index in [1.165, 1.54) is 7.05 Å². The van der Waals surface area contributed by atoms with Crippen LogP contribution in [0, 0.1) is 5.82 Å². The van der Waals surface area contributed by atoms with Gasteiger partial charge in [0.25, 0.3) is 0 Å². The van der Waals surface area contributed by atoms with Gasteiger partial charge in [0, 0.05) is 12.6 Å². The Morgan fingerprint density at radius 1 is 1.33 bits per heavy atom. The van der Waals surface area contributed by atoms with Gasteiger partial charge in [0.15, 0.2) is 0 Å². The van der Waals surface area contributed by atoms with Gasteiger partial charge >= 0.3 is 6.18 Å². The van der Waals surface area contributed by atoms with Crippen molar-refractivity contribution in [2.24, 2.45) is 15.7 Å². The molecule has 4 nitrogen and oxygen atoms in total. The van der Waals surface area contributed by atoms with Gasteiger partial charge in [0.1, 0.15) is 18.0 Å². The van der Waals surface area contributed by atoms with Gasteiger partial charge in [-0.2, -0.15) is 13.2 Å². The molecule has 1 rings (SSSR count). The van der Waals surface area contributed by atoms with Gasteiger partial charge in [-0.15, -0.1) is 0 Å². The number of aliphatic imine (C=N–C) groups is 2. The molecule has 0 spiro atoms. The number of anilines is 1. The van der Waals surface area contributed by atoms with Crippen molar-refractivity contribution in [2.45, 2.75) is 6.18 Å². The zero-order valence-corrected chi connectivity index (χ0v) is 9.29. The summed E-state index contributed by atoms with van der Waals surface area (Å²) in [7, 11) is 1.38. The molecule has 0 heterocycles. The van der Waals surface area contributed by atoms with Crippen molar-refractivity contribution in [3.63, 3.8) is 0 Å². The van der Waals surface area contributed by atoms with Crippen molar-refractivity contribution in [2.75, 3.05) is 12.8 Å². The molecular weight excluding hydrogens is 252 g/mol. The highest BCUT2D eigenvalue weighted by atomic mass is 19.4. The third kappa shape index (κ3) is 2.96. The number of nitrogen functional groups attached to an aromatic ring is 1. The fourth-order valence-corrected chi connectivity index (χ4v) is 1.23. The quantitative estimate of drug-likeness (QED) is 0.369. The third-order valence-corrected chi connectivity index (χ3v) is 2.03. The second-order valence-corrected chi connectivity index (χ2v) is 3.31. The number of benzene rings is 1. The fourth-order valence-electron chi connectivity index (χ4n) is 1.23. The van der Waals surface area contributed by atoms with Gasteiger partial charge < -0.3 is 11.5 Å². The summed E-state index contributed by atoms with van der Waals surface area (Å²) in [5, 5.41) is 0. The molecule has 0 radical (unpaired) electrons. The predicted molar refractivity (Wildman–Crippen MR) is 61.0 cm³/mol. The number of nitrogens with two attached hydrogens (primary N) is 2. The van der Waals surface area contributed by atoms with E-state index in [-0.39, 0.29) is 6.07 Å². The van der Waals surface area contributed by atoms with E-state index in [4.69, 9.17) is 11.5 Å². The summed E-state index contributed by atoms with van der Waals surface area (Å²) in [6, 6.07) is 1.08. The van der Waals surface area contributed by atoms with Gasteiger partial charge in [-0.3, -0.25) is 4.99 Å². The Kier molecular flexibility index (Phi) is 3.89. The number of amidine groups is 1. The minimum atomic E-state index is -4.76. The van der Waals surface area contributed by atoms with Gasteiger partial charge in [-0.1, -0.05) is 0 Å². The van der Waals surface area contributed by atoms with Crippen molar-refractivity contribution in [1.82, 2.24) is 0 Å². The first kappa shape index (κ1) is 13.9. The molecular formula is C10H10F4N4. The lowest BCUT2D eigenvalue weighted by Crippen LogP contribution is -2.21. The standard InChI is InChI=1S/C10H10F4N4/c1-17-4-18-9(16)5-2-8(15)7(11)3-6(5)10(12,13)14/h2-4H,15H2,1H3,(H2,16,17,18). The number of rotatable bonds is 2. The molecule has 98 valence electrons. The minimum Gasteiger partial charge on any atom is -0.396 e. The highest BCUT2D eigenvalue weighted by Gasteiger charge is 2.35. The first-order valence-corrected chi connectivity index (χ1v) is 4.68. The van der Waals surface area contributed by atoms with E-state index in [0.717, 1.165) is 12.4 Å². The SMILES string of the molecule is CN=CN=C(N)c1cc(N)c(F)cc1C(F)(F)F. The predicted octanol–water partition coefficient (Wildman–Crippen LogP) is 1.79. The average molecular weight is 262 g/mol. The Morgan fingerprint density at radius 3 is 2.44 bits per heavy atom. The Balaban J connectivity index is 3.46. The van der Waals surface area contributed by atoms with E-state index in [0.29, 0.717) is 0 Å². The molecule has 4 N–H and O–H groups in total. The molecule has 0 aliphatic carbocycles. The Labute approximate surface area is 100 Å². The molecule has 8 heteroatoms. The van der Waals surface area contributed by atoms with Gasteiger partial charge in [0.05, 0.1) is 11.3 Å². The lowest BCUT2D eigenvalue weighted by atomic mass is 10.0. The molecule has 0 saturated heterocycles. The maximum atomic E-state index is 13.1. The van der Waals surface area contributed by atoms with Crippen LogP contribution in [0.1, 0.15) is 11.1 Å². The first-order valence-electron chi connectivity index (χ1n) is 4.68. The number of alkyl halides is 3. The maximum Gasteiger partial charge on any atom is 0.417 e. The van der Waals surface area contributed by atoms with Crippen molar-refractivity contribution >= 4 is 17.9 Å². The second-order valence-electron chi connectivity index (χ2n) is 3.31. The summed E-state index contributed by atoms with van der Waals surface area (Å²) in [6.07, 6.45) is -3.78. The van der Waals surface area contributed by atoms with Crippen LogP contribution >= 0.6 is 0 Å². The summed E-state index contributed by atoms with van der Waals surface area (Å²) >= 11 is 0. The third-order valence-electron chi connectivity index (χ3n) is 2.03. The minimum absolute atomic E-state index is 0.288. The lowest BCUT2D eigenvalue weighted by molar-refractivity contribution is -0.137. The van der Waals surface area contributed by atoms with Crippen LogP contribution in [0.3, 0.4) is 0 Å². The van der Waals surface area contributed by atoms with Crippen LogP contribution in [0.25, 0.3) is 0 Å². The van der Waals surface area contributed by atoms with Crippen molar-refractivity contribution in [3.8, 4) is 0 Å². The Hall–Kier alpha value is -2.12. The van der Waals surface area contributed by atoms with Crippen LogP contribution in [0.2, 0.25) is 0 Å². The smallest absolute Gasteiger partial charge is 0.396 e. The molecule has 0 amide bonds. The van der Waals surface area contributed by atoms with E-state index in [2.05, 4.69) is 9.98 Å². The van der Waals surface area contributed by atoms with E-state index >= 15 is 0 Å². The number of hydrogen-bond acceptors (Lipinski definition) is 2. The molecule has 1 aromatic carbocycles. The van der Waals surface area contributed by atoms with E-state index in [1.54, 1.807) is 0 Å². The Morgan fingerprint density at radius 2 is 1.94 bits per heavy atom. The van der Waals surface area contributed by atoms with Crippen molar-refractivity contribution in [1.29, 1.82) is 0 Å². The van der Waals surface area contributed by atoms with Crippen LogP contribution < -0.4 is 11.5 Å². The van der Waals surface area contributed by atoms with Crippen LogP contribution in [-0.2, 0) is 6.18 Å². The Bertz CT molecular complexity index is 505. The summed E-state index contributed by atoms with van der Waals surface area (Å²) in [6.45, 7) is 0. The summed E-state index contributed by atoms with van der Waals surface area (Å²) in [4.78, 5) is 6.94. The molecule has 0 saturated carbocycles. The molecule has 0 bridgehead atoms. The van der Waals surface area contributed by atoms with Crippen molar-refractivity contribution < 1.29 is 17.6 Å². The molecule has 0 fully saturated rings. The lowest BCUT2D eigenvalue weighted by Gasteiger charge is -2.13. The molecule has 0 aromatic heterocycles. The van der Waals surface area contributed by atoms with E-state index in [9.17, 15) is 17.6 Å². The molecule has 0 aliphatic rings. The topological polar surface area (TPSA) is 76.8 Å². The zero-order chi connectivity index (χ0) is 13.9. The molecule has 0 atom stereocenters. The highest BCUT2D eigenvalue weighted by Crippen LogP contribution is 2.34. The summed E-state index contributed by atoms with van der Waals surface area (Å²) in [5.41, 5.74) is 8.43. The molecule has 0 aliphatic heterocycles. The zero-order valence-electron chi connectivity index (χ0n) is 9.29. The normalized spacial score (nSPS) is 13.3. The van der Waals surface area contributed by atoms with Gasteiger partial charge in [0.2, 0.25) is 0 Å². The largest absolute Gasteiger partial charge is 0.417 e. The first-order chi connectivity index (χ1) is 8.27. The van der Waals surface area contributed by atoms with Crippen LogP contribution in [0.4, 0.5) is 23.2 Å². The monoisotopic (exact) mass is 262 g/mol. The highest BCUT2D eigenvalue weighted by molar-refractivity contribution is 6.03. The van der Waals surface area contributed by atoms with E-state index < -0.39 is 34.6 Å². The van der Waals surface area contributed by atoms with Gasteiger partial charge in [-0.05, 0) is 12.1 Å². The molecule has 0 unspecified atom stereocenters.